The van der Waals surface area contributed by atoms with Crippen molar-refractivity contribution in [3.05, 3.63) is 65.6 Å². The summed E-state index contributed by atoms with van der Waals surface area (Å²) >= 11 is 5.62. The lowest BCUT2D eigenvalue weighted by Gasteiger charge is -2.34. The molecule has 158 valence electrons. The van der Waals surface area contributed by atoms with E-state index >= 15 is 0 Å². The number of alkyl halides is 1. The molecule has 1 saturated heterocycles. The summed E-state index contributed by atoms with van der Waals surface area (Å²) in [5.74, 6) is -0.423. The minimum atomic E-state index is -0.194. The second kappa shape index (κ2) is 9.19. The Hall–Kier alpha value is -2.37. The summed E-state index contributed by atoms with van der Waals surface area (Å²) in [7, 11) is 0. The van der Waals surface area contributed by atoms with Crippen molar-refractivity contribution in [1.82, 2.24) is 9.47 Å². The van der Waals surface area contributed by atoms with Gasteiger partial charge in [-0.25, -0.2) is 4.39 Å². The van der Waals surface area contributed by atoms with E-state index in [0.29, 0.717) is 6.04 Å². The lowest BCUT2D eigenvalue weighted by molar-refractivity contribution is -0.113. The van der Waals surface area contributed by atoms with Gasteiger partial charge in [0.05, 0.1) is 5.52 Å². The number of amides is 1. The molecule has 6 heteroatoms. The lowest BCUT2D eigenvalue weighted by Crippen LogP contribution is -2.36. The van der Waals surface area contributed by atoms with Crippen molar-refractivity contribution in [2.45, 2.75) is 32.2 Å². The van der Waals surface area contributed by atoms with Gasteiger partial charge in [-0.3, -0.25) is 4.79 Å². The number of aromatic nitrogens is 1. The highest BCUT2D eigenvalue weighted by Gasteiger charge is 2.23. The van der Waals surface area contributed by atoms with Crippen LogP contribution < -0.4 is 5.32 Å². The Bertz CT molecular complexity index is 1020. The molecule has 1 aliphatic rings. The third-order valence-electron chi connectivity index (χ3n) is 5.99. The van der Waals surface area contributed by atoms with Gasteiger partial charge in [0.25, 0.3) is 0 Å². The molecular formula is C24H27ClFN3O. The van der Waals surface area contributed by atoms with Crippen molar-refractivity contribution in [3.8, 4) is 0 Å². The van der Waals surface area contributed by atoms with Crippen LogP contribution in [0.5, 0.6) is 0 Å². The van der Waals surface area contributed by atoms with Crippen molar-refractivity contribution in [3.63, 3.8) is 0 Å². The number of aryl methyl sites for hydroxylation is 1. The number of hydrogen-bond acceptors (Lipinski definition) is 2. The Morgan fingerprint density at radius 3 is 2.57 bits per heavy atom. The van der Waals surface area contributed by atoms with Crippen LogP contribution >= 0.6 is 11.6 Å². The molecule has 1 amide bonds. The topological polar surface area (TPSA) is 37.3 Å². The fraction of sp³-hybridized carbons (Fsp3) is 0.375. The van der Waals surface area contributed by atoms with E-state index in [1.165, 1.54) is 28.8 Å². The molecule has 2 aromatic carbocycles. The third-order valence-corrected chi connectivity index (χ3v) is 6.23. The van der Waals surface area contributed by atoms with Gasteiger partial charge in [0.1, 0.15) is 11.7 Å². The van der Waals surface area contributed by atoms with E-state index in [9.17, 15) is 9.18 Å². The molecule has 1 aromatic heterocycles. The summed E-state index contributed by atoms with van der Waals surface area (Å²) in [4.78, 5) is 14.1. The molecule has 3 aromatic rings. The summed E-state index contributed by atoms with van der Waals surface area (Å²) in [5.41, 5.74) is 4.36. The van der Waals surface area contributed by atoms with Gasteiger partial charge in [-0.1, -0.05) is 18.2 Å². The van der Waals surface area contributed by atoms with Crippen LogP contribution in [-0.4, -0.2) is 40.9 Å². The average Bonchev–Trinajstić information content (AvgIpc) is 3.08. The summed E-state index contributed by atoms with van der Waals surface area (Å²) in [6, 6.07) is 15.5. The predicted octanol–water partition coefficient (Wildman–Crippen LogP) is 5.15. The van der Waals surface area contributed by atoms with Crippen LogP contribution in [-0.2, 0) is 11.2 Å². The number of likely N-dealkylation sites (tertiary alicyclic amines) is 1. The van der Waals surface area contributed by atoms with E-state index in [2.05, 4.69) is 33.8 Å². The highest BCUT2D eigenvalue weighted by molar-refractivity contribution is 6.29. The minimum absolute atomic E-state index is 0.0472. The maximum absolute atomic E-state index is 13.1. The molecule has 0 unspecified atom stereocenters. The largest absolute Gasteiger partial charge is 0.342 e. The number of nitrogens with one attached hydrogen (secondary N) is 1. The van der Waals surface area contributed by atoms with Crippen LogP contribution in [0.3, 0.4) is 0 Å². The summed E-state index contributed by atoms with van der Waals surface area (Å²) in [6.07, 6.45) is 3.12. The van der Waals surface area contributed by atoms with Crippen molar-refractivity contribution >= 4 is 34.1 Å². The van der Waals surface area contributed by atoms with Gasteiger partial charge >= 0.3 is 0 Å². The maximum atomic E-state index is 13.1. The Morgan fingerprint density at radius 2 is 1.87 bits per heavy atom. The fourth-order valence-electron chi connectivity index (χ4n) is 4.46. The Balaban J connectivity index is 1.42. The van der Waals surface area contributed by atoms with Crippen LogP contribution in [0.2, 0.25) is 0 Å². The number of fused-ring (bicyclic) bond motifs is 1. The average molecular weight is 428 g/mol. The van der Waals surface area contributed by atoms with Crippen molar-refractivity contribution < 1.29 is 9.18 Å². The fourth-order valence-corrected chi connectivity index (χ4v) is 4.52. The molecular weight excluding hydrogens is 401 g/mol. The van der Waals surface area contributed by atoms with Crippen molar-refractivity contribution in [1.29, 1.82) is 0 Å². The number of anilines is 1. The van der Waals surface area contributed by atoms with E-state index < -0.39 is 0 Å². The van der Waals surface area contributed by atoms with Crippen LogP contribution in [0.4, 0.5) is 10.1 Å². The van der Waals surface area contributed by atoms with Gasteiger partial charge < -0.3 is 14.8 Å². The smallest absolute Gasteiger partial charge is 0.239 e. The van der Waals surface area contributed by atoms with Crippen LogP contribution in [0.15, 0.2) is 48.5 Å². The minimum Gasteiger partial charge on any atom is -0.342 e. The highest BCUT2D eigenvalue weighted by Crippen LogP contribution is 2.31. The predicted molar refractivity (Wildman–Crippen MR) is 121 cm³/mol. The number of piperidine rings is 1. The molecule has 30 heavy (non-hydrogen) atoms. The van der Waals surface area contributed by atoms with Gasteiger partial charge in [0, 0.05) is 42.4 Å². The number of halogens is 2. The van der Waals surface area contributed by atoms with Crippen LogP contribution in [0, 0.1) is 12.7 Å². The zero-order chi connectivity index (χ0) is 21.1. The number of benzene rings is 2. The molecule has 0 radical (unpaired) electrons. The second-order valence-electron chi connectivity index (χ2n) is 8.06. The van der Waals surface area contributed by atoms with Crippen LogP contribution in [0.25, 0.3) is 10.9 Å². The third kappa shape index (κ3) is 4.68. The van der Waals surface area contributed by atoms with E-state index in [4.69, 9.17) is 11.6 Å². The van der Waals surface area contributed by atoms with E-state index in [1.807, 2.05) is 24.3 Å². The first-order valence-corrected chi connectivity index (χ1v) is 11.0. The lowest BCUT2D eigenvalue weighted by atomic mass is 10.0. The standard InChI is InChI=1S/C24H27ClFN3O/c1-17-14-19-4-7-21(27-24(30)16-25)15-23(19)29(17)22-9-12-28(13-10-22)11-8-18-2-5-20(26)6-3-18/h2-7,14-15,22H,8-13,16H2,1H3,(H,27,30). The first-order chi connectivity index (χ1) is 14.5. The molecule has 4 rings (SSSR count). The van der Waals surface area contributed by atoms with Gasteiger partial charge in [0.15, 0.2) is 0 Å². The number of hydrogen-bond donors (Lipinski definition) is 1. The van der Waals surface area contributed by atoms with Crippen LogP contribution in [0.1, 0.15) is 30.1 Å². The first-order valence-electron chi connectivity index (χ1n) is 10.5. The molecule has 1 fully saturated rings. The monoisotopic (exact) mass is 427 g/mol. The molecule has 1 N–H and O–H groups in total. The molecule has 0 atom stereocenters. The van der Waals surface area contributed by atoms with E-state index in [0.717, 1.165) is 50.1 Å². The Morgan fingerprint density at radius 1 is 1.13 bits per heavy atom. The molecule has 0 spiro atoms. The first kappa shape index (κ1) is 20.9. The number of carbonyl (C=O) groups excluding carboxylic acids is 1. The molecule has 1 aliphatic heterocycles. The quantitative estimate of drug-likeness (QED) is 0.552. The van der Waals surface area contributed by atoms with Gasteiger partial charge in [-0.2, -0.15) is 0 Å². The van der Waals surface area contributed by atoms with E-state index in [-0.39, 0.29) is 17.6 Å². The van der Waals surface area contributed by atoms with Gasteiger partial charge in [-0.15, -0.1) is 11.6 Å². The van der Waals surface area contributed by atoms with Crippen molar-refractivity contribution in [2.24, 2.45) is 0 Å². The summed E-state index contributed by atoms with van der Waals surface area (Å²) in [5, 5.41) is 4.04. The SMILES string of the molecule is Cc1cc2ccc(NC(=O)CCl)cc2n1C1CCN(CCc2ccc(F)cc2)CC1. The molecule has 4 nitrogen and oxygen atoms in total. The van der Waals surface area contributed by atoms with Crippen molar-refractivity contribution in [2.75, 3.05) is 30.8 Å². The Kier molecular flexibility index (Phi) is 6.40. The zero-order valence-corrected chi connectivity index (χ0v) is 18.0. The molecule has 0 aliphatic carbocycles. The molecule has 2 heterocycles. The number of rotatable bonds is 6. The normalized spacial score (nSPS) is 15.6. The maximum Gasteiger partial charge on any atom is 0.239 e. The summed E-state index contributed by atoms with van der Waals surface area (Å²) < 4.78 is 15.5. The Labute approximate surface area is 181 Å². The van der Waals surface area contributed by atoms with Gasteiger partial charge in [0.2, 0.25) is 5.91 Å². The number of nitrogens with zero attached hydrogens (tertiary/aromatic N) is 2. The second-order valence-corrected chi connectivity index (χ2v) is 8.33. The molecule has 0 bridgehead atoms. The highest BCUT2D eigenvalue weighted by atomic mass is 35.5. The number of carbonyl (C=O) groups is 1. The summed E-state index contributed by atoms with van der Waals surface area (Å²) in [6.45, 7) is 5.25. The zero-order valence-electron chi connectivity index (χ0n) is 17.2. The van der Waals surface area contributed by atoms with Gasteiger partial charge in [-0.05, 0) is 62.1 Å². The molecule has 0 saturated carbocycles. The van der Waals surface area contributed by atoms with E-state index in [1.54, 1.807) is 0 Å².